The van der Waals surface area contributed by atoms with Gasteiger partial charge in [-0.3, -0.25) is 9.36 Å². The molecule has 1 aromatic heterocycles. The summed E-state index contributed by atoms with van der Waals surface area (Å²) >= 11 is 1.38. The number of esters is 1. The number of carbonyl (C=O) groups is 1. The Morgan fingerprint density at radius 2 is 2.48 bits per heavy atom. The summed E-state index contributed by atoms with van der Waals surface area (Å²) in [6.45, 7) is 1.98. The van der Waals surface area contributed by atoms with Gasteiger partial charge in [-0.2, -0.15) is 4.98 Å². The minimum atomic E-state index is -0.777. The first-order valence-corrected chi connectivity index (χ1v) is 7.53. The van der Waals surface area contributed by atoms with Crippen molar-refractivity contribution in [3.8, 4) is 0 Å². The molecule has 1 fully saturated rings. The van der Waals surface area contributed by atoms with Gasteiger partial charge in [-0.1, -0.05) is 6.92 Å². The molecule has 0 aromatic carbocycles. The van der Waals surface area contributed by atoms with Crippen LogP contribution in [0.1, 0.15) is 26.0 Å². The second-order valence-corrected chi connectivity index (χ2v) is 5.64. The first-order chi connectivity index (χ1) is 10.0. The van der Waals surface area contributed by atoms with Gasteiger partial charge in [0, 0.05) is 12.2 Å². The number of hydrogen-bond donors (Lipinski definition) is 1. The zero-order chi connectivity index (χ0) is 15.4. The monoisotopic (exact) mass is 317 g/mol. The highest BCUT2D eigenvalue weighted by Crippen LogP contribution is 2.31. The van der Waals surface area contributed by atoms with Crippen molar-refractivity contribution in [1.82, 2.24) is 9.55 Å². The van der Waals surface area contributed by atoms with E-state index in [9.17, 15) is 14.0 Å². The van der Waals surface area contributed by atoms with Crippen LogP contribution in [0.3, 0.4) is 0 Å². The number of carbonyl (C=O) groups excluding carboxylic acids is 1. The molecule has 1 aliphatic heterocycles. The normalized spacial score (nSPS) is 21.4. The van der Waals surface area contributed by atoms with E-state index < -0.39 is 23.6 Å². The molecule has 0 bridgehead atoms. The summed E-state index contributed by atoms with van der Waals surface area (Å²) in [5.74, 6) is -1.07. The highest BCUT2D eigenvalue weighted by Gasteiger charge is 2.29. The fraction of sp³-hybridized carbons (Fsp3) is 0.583. The zero-order valence-corrected chi connectivity index (χ0v) is 12.3. The summed E-state index contributed by atoms with van der Waals surface area (Å²) in [4.78, 5) is 26.3. The minimum absolute atomic E-state index is 0.0969. The highest BCUT2D eigenvalue weighted by atomic mass is 32.2. The third-order valence-corrected chi connectivity index (χ3v) is 3.91. The van der Waals surface area contributed by atoms with Crippen LogP contribution in [0, 0.1) is 5.82 Å². The molecule has 2 rings (SSSR count). The van der Waals surface area contributed by atoms with Gasteiger partial charge in [0.15, 0.2) is 11.6 Å². The lowest BCUT2D eigenvalue weighted by molar-refractivity contribution is -0.146. The van der Waals surface area contributed by atoms with Gasteiger partial charge in [-0.25, -0.2) is 9.18 Å². The predicted molar refractivity (Wildman–Crippen MR) is 75.1 cm³/mol. The summed E-state index contributed by atoms with van der Waals surface area (Å²) in [6.07, 6.45) is 1.39. The third-order valence-electron chi connectivity index (χ3n) is 2.81. The number of nitrogens with zero attached hydrogens (tertiary/aromatic N) is 2. The number of rotatable bonds is 5. The summed E-state index contributed by atoms with van der Waals surface area (Å²) in [5.41, 5.74) is 4.16. The predicted octanol–water partition coefficient (Wildman–Crippen LogP) is 0.896. The van der Waals surface area contributed by atoms with Crippen LogP contribution in [0.4, 0.5) is 10.2 Å². The van der Waals surface area contributed by atoms with Gasteiger partial charge in [0.2, 0.25) is 0 Å². The van der Waals surface area contributed by atoms with Gasteiger partial charge in [0.25, 0.3) is 0 Å². The van der Waals surface area contributed by atoms with Crippen LogP contribution in [-0.4, -0.2) is 33.3 Å². The molecule has 0 aliphatic carbocycles. The second-order valence-electron chi connectivity index (χ2n) is 4.45. The maximum atomic E-state index is 13.4. The molecule has 0 amide bonds. The van der Waals surface area contributed by atoms with E-state index in [0.29, 0.717) is 18.6 Å². The van der Waals surface area contributed by atoms with Crippen molar-refractivity contribution in [2.45, 2.75) is 31.4 Å². The number of nitrogens with two attached hydrogens (primary N) is 1. The van der Waals surface area contributed by atoms with Crippen LogP contribution >= 0.6 is 11.8 Å². The number of anilines is 1. The van der Waals surface area contributed by atoms with Crippen LogP contribution in [0.25, 0.3) is 0 Å². The maximum Gasteiger partial charge on any atom is 0.351 e. The maximum absolute atomic E-state index is 13.4. The molecular weight excluding hydrogens is 301 g/mol. The Morgan fingerprint density at radius 3 is 3.19 bits per heavy atom. The highest BCUT2D eigenvalue weighted by molar-refractivity contribution is 8.00. The Labute approximate surface area is 124 Å². The van der Waals surface area contributed by atoms with Gasteiger partial charge >= 0.3 is 11.7 Å². The molecule has 2 heterocycles. The molecule has 0 unspecified atom stereocenters. The lowest BCUT2D eigenvalue weighted by Crippen LogP contribution is -2.30. The number of nitrogen functional groups attached to an aromatic ring is 1. The summed E-state index contributed by atoms with van der Waals surface area (Å²) in [5, 5.41) is 0. The molecule has 1 aliphatic rings. The van der Waals surface area contributed by atoms with Crippen molar-refractivity contribution in [2.24, 2.45) is 0 Å². The van der Waals surface area contributed by atoms with E-state index in [4.69, 9.17) is 15.2 Å². The Kier molecular flexibility index (Phi) is 5.18. The lowest BCUT2D eigenvalue weighted by Gasteiger charge is -2.15. The zero-order valence-electron chi connectivity index (χ0n) is 11.5. The van der Waals surface area contributed by atoms with Gasteiger partial charge in [-0.15, -0.1) is 11.8 Å². The number of ether oxygens (including phenoxy) is 2. The average Bonchev–Trinajstić information content (AvgIpc) is 2.89. The van der Waals surface area contributed by atoms with E-state index in [1.54, 1.807) is 0 Å². The van der Waals surface area contributed by atoms with Crippen LogP contribution in [0.15, 0.2) is 11.0 Å². The van der Waals surface area contributed by atoms with E-state index in [0.717, 1.165) is 10.8 Å². The van der Waals surface area contributed by atoms with Gasteiger partial charge in [0.05, 0.1) is 6.20 Å². The standard InChI is InChI=1S/C12H16FN3O4S/c1-2-3-9(17)19-5-10-20-8(6-21-10)16-4-7(13)11(14)15-12(16)18/h4,8,10H,2-3,5-6H2,1H3,(H2,14,15,18)/t8-,10-/m1/s1. The number of aromatic nitrogens is 2. The SMILES string of the molecule is CCCC(=O)OC[C@@H]1O[C@@H](n2cc(F)c(N)nc2=O)CS1. The van der Waals surface area contributed by atoms with Crippen molar-refractivity contribution in [3.63, 3.8) is 0 Å². The van der Waals surface area contributed by atoms with Crippen LogP contribution in [-0.2, 0) is 14.3 Å². The van der Waals surface area contributed by atoms with Crippen molar-refractivity contribution in [3.05, 3.63) is 22.5 Å². The molecule has 7 nitrogen and oxygen atoms in total. The molecule has 1 aromatic rings. The summed E-state index contributed by atoms with van der Waals surface area (Å²) in [6, 6.07) is 0. The fourth-order valence-corrected chi connectivity index (χ4v) is 2.77. The average molecular weight is 317 g/mol. The van der Waals surface area contributed by atoms with Gasteiger partial charge < -0.3 is 15.2 Å². The quantitative estimate of drug-likeness (QED) is 0.806. The topological polar surface area (TPSA) is 96.4 Å². The summed E-state index contributed by atoms with van der Waals surface area (Å²) in [7, 11) is 0. The lowest BCUT2D eigenvalue weighted by atomic mass is 10.3. The molecule has 2 atom stereocenters. The summed E-state index contributed by atoms with van der Waals surface area (Å²) < 4.78 is 25.0. The van der Waals surface area contributed by atoms with Gasteiger partial charge in [0.1, 0.15) is 18.3 Å². The first-order valence-electron chi connectivity index (χ1n) is 6.48. The number of hydrogen-bond acceptors (Lipinski definition) is 7. The van der Waals surface area contributed by atoms with E-state index in [2.05, 4.69) is 4.98 Å². The largest absolute Gasteiger partial charge is 0.462 e. The number of thioether (sulfide) groups is 1. The molecule has 2 N–H and O–H groups in total. The molecule has 0 saturated carbocycles. The van der Waals surface area contributed by atoms with Gasteiger partial charge in [-0.05, 0) is 6.42 Å². The molecular formula is C12H16FN3O4S. The first kappa shape index (κ1) is 15.8. The van der Waals surface area contributed by atoms with Crippen molar-refractivity contribution in [1.29, 1.82) is 0 Å². The van der Waals surface area contributed by atoms with E-state index in [1.165, 1.54) is 11.8 Å². The molecule has 9 heteroatoms. The Hall–Kier alpha value is -1.61. The van der Waals surface area contributed by atoms with Crippen molar-refractivity contribution in [2.75, 3.05) is 18.1 Å². The molecule has 1 saturated heterocycles. The van der Waals surface area contributed by atoms with Crippen LogP contribution < -0.4 is 11.4 Å². The molecule has 0 radical (unpaired) electrons. The molecule has 116 valence electrons. The Balaban J connectivity index is 1.95. The van der Waals surface area contributed by atoms with E-state index in [-0.39, 0.29) is 18.0 Å². The van der Waals surface area contributed by atoms with E-state index >= 15 is 0 Å². The van der Waals surface area contributed by atoms with E-state index in [1.807, 2.05) is 6.92 Å². The van der Waals surface area contributed by atoms with Crippen LogP contribution in [0.5, 0.6) is 0 Å². The van der Waals surface area contributed by atoms with Crippen LogP contribution in [0.2, 0.25) is 0 Å². The van der Waals surface area contributed by atoms with Crippen molar-refractivity contribution >= 4 is 23.5 Å². The van der Waals surface area contributed by atoms with Crippen molar-refractivity contribution < 1.29 is 18.7 Å². The Morgan fingerprint density at radius 1 is 1.71 bits per heavy atom. The minimum Gasteiger partial charge on any atom is -0.462 e. The Bertz CT molecular complexity index is 580. The fourth-order valence-electron chi connectivity index (χ4n) is 1.78. The number of halogens is 1. The smallest absolute Gasteiger partial charge is 0.351 e. The molecule has 0 spiro atoms. The second kappa shape index (κ2) is 6.90. The molecule has 21 heavy (non-hydrogen) atoms. The third kappa shape index (κ3) is 3.94.